The topological polar surface area (TPSA) is 0 Å². The zero-order valence-corrected chi connectivity index (χ0v) is 15.5. The molecule has 0 spiro atoms. The molecule has 0 atom stereocenters. The molecule has 1 rings (SSSR count). The van der Waals surface area contributed by atoms with Gasteiger partial charge in [0.15, 0.2) is 0 Å². The second-order valence-electron chi connectivity index (χ2n) is 5.01. The first-order chi connectivity index (χ1) is 8.97. The van der Waals surface area contributed by atoms with Crippen molar-refractivity contribution >= 4 is 0 Å². The summed E-state index contributed by atoms with van der Waals surface area (Å²) in [6.45, 7) is 17.7. The van der Waals surface area contributed by atoms with Crippen LogP contribution in [0, 0.1) is 31.8 Å². The molecule has 0 unspecified atom stereocenters. The van der Waals surface area contributed by atoms with Crippen LogP contribution in [0.2, 0.25) is 0 Å². The summed E-state index contributed by atoms with van der Waals surface area (Å²) in [4.78, 5) is 0. The van der Waals surface area contributed by atoms with Crippen LogP contribution in [0.3, 0.4) is 0 Å². The van der Waals surface area contributed by atoms with E-state index >= 15 is 0 Å². The molecule has 0 aliphatic heterocycles. The maximum Gasteiger partial charge on any atom is 3.00 e. The van der Waals surface area contributed by atoms with E-state index in [1.165, 1.54) is 5.57 Å². The van der Waals surface area contributed by atoms with Crippen LogP contribution < -0.4 is 0 Å². The Morgan fingerprint density at radius 3 is 1.65 bits per heavy atom. The maximum absolute atomic E-state index is 3.55. The summed E-state index contributed by atoms with van der Waals surface area (Å²) in [5.74, 6) is 1.31. The first kappa shape index (κ1) is 24.3. The van der Waals surface area contributed by atoms with E-state index in [-0.39, 0.29) is 19.5 Å². The van der Waals surface area contributed by atoms with E-state index < -0.39 is 0 Å². The summed E-state index contributed by atoms with van der Waals surface area (Å²) >= 11 is 0. The summed E-state index contributed by atoms with van der Waals surface area (Å²) in [6.07, 6.45) is 17.4. The van der Waals surface area contributed by atoms with Crippen LogP contribution in [-0.4, -0.2) is 0 Å². The number of hydrogen-bond donors (Lipinski definition) is 0. The summed E-state index contributed by atoms with van der Waals surface area (Å²) in [6, 6.07) is 0. The number of rotatable bonds is 3. The van der Waals surface area contributed by atoms with Crippen molar-refractivity contribution in [2.24, 2.45) is 11.8 Å². The predicted octanol–water partition coefficient (Wildman–Crippen LogP) is 6.15. The Labute approximate surface area is 140 Å². The molecule has 0 aromatic carbocycles. The van der Waals surface area contributed by atoms with Gasteiger partial charge in [-0.25, -0.2) is 49.8 Å². The van der Waals surface area contributed by atoms with Gasteiger partial charge in [0, 0.05) is 0 Å². The maximum atomic E-state index is 3.55. The van der Waals surface area contributed by atoms with Gasteiger partial charge in [-0.3, -0.25) is 6.08 Å². The van der Waals surface area contributed by atoms with E-state index in [2.05, 4.69) is 78.8 Å². The molecule has 1 radical (unpaired) electrons. The third-order valence-electron chi connectivity index (χ3n) is 2.19. The van der Waals surface area contributed by atoms with Crippen molar-refractivity contribution in [2.75, 3.05) is 0 Å². The standard InChI is InChI=1S/C7H9.2C6H11.Ru/c1-2-7-5-3-4-6-7;2*1-4-5-6(2)3;/h3,5H,2,4H2,1H3;2*4-6H,1H2,2-3H3;/q3*-1;+3. The molecule has 0 N–H and O–H groups in total. The molecule has 0 nitrogen and oxygen atoms in total. The van der Waals surface area contributed by atoms with Gasteiger partial charge in [0.2, 0.25) is 0 Å². The van der Waals surface area contributed by atoms with E-state index in [0.29, 0.717) is 11.8 Å². The van der Waals surface area contributed by atoms with Crippen LogP contribution in [0.4, 0.5) is 0 Å². The largest absolute Gasteiger partial charge is 3.00 e. The van der Waals surface area contributed by atoms with Crippen molar-refractivity contribution in [1.29, 1.82) is 0 Å². The molecule has 0 aromatic rings. The minimum Gasteiger partial charge on any atom is -0.270 e. The van der Waals surface area contributed by atoms with Gasteiger partial charge in [-0.15, -0.1) is 6.42 Å². The molecule has 20 heavy (non-hydrogen) atoms. The third-order valence-corrected chi connectivity index (χ3v) is 2.19. The number of hydrogen-bond acceptors (Lipinski definition) is 0. The fourth-order valence-corrected chi connectivity index (χ4v) is 1.24. The summed E-state index contributed by atoms with van der Waals surface area (Å²) in [5.41, 5.74) is 1.36. The summed E-state index contributed by atoms with van der Waals surface area (Å²) in [7, 11) is 0. The molecule has 0 heterocycles. The van der Waals surface area contributed by atoms with Crippen molar-refractivity contribution in [3.8, 4) is 0 Å². The zero-order valence-electron chi connectivity index (χ0n) is 13.8. The minimum absolute atomic E-state index is 0. The van der Waals surface area contributed by atoms with Gasteiger partial charge >= 0.3 is 19.5 Å². The number of allylic oxidation sites excluding steroid dienone is 8. The monoisotopic (exact) mass is 361 g/mol. The van der Waals surface area contributed by atoms with Gasteiger partial charge < -0.3 is 0 Å². The van der Waals surface area contributed by atoms with Crippen molar-refractivity contribution in [1.82, 2.24) is 0 Å². The van der Waals surface area contributed by atoms with E-state index in [1.807, 2.05) is 12.2 Å². The van der Waals surface area contributed by atoms with Crippen LogP contribution in [-0.2, 0) is 19.5 Å². The summed E-state index contributed by atoms with van der Waals surface area (Å²) in [5, 5.41) is 0. The normalized spacial score (nSPS) is 12.8. The Balaban J connectivity index is -0.000000213. The van der Waals surface area contributed by atoms with Gasteiger partial charge in [-0.1, -0.05) is 52.9 Å². The average molecular weight is 361 g/mol. The van der Waals surface area contributed by atoms with Gasteiger partial charge in [-0.2, -0.15) is 6.08 Å². The van der Waals surface area contributed by atoms with Crippen LogP contribution >= 0.6 is 0 Å². The average Bonchev–Trinajstić information content (AvgIpc) is 2.83. The molecule has 0 bridgehead atoms. The van der Waals surface area contributed by atoms with Gasteiger partial charge in [0.05, 0.1) is 0 Å². The molecule has 0 aromatic heterocycles. The van der Waals surface area contributed by atoms with Crippen LogP contribution in [0.1, 0.15) is 47.5 Å². The Morgan fingerprint density at radius 2 is 1.55 bits per heavy atom. The van der Waals surface area contributed by atoms with Crippen LogP contribution in [0.25, 0.3) is 0 Å². The summed E-state index contributed by atoms with van der Waals surface area (Å²) < 4.78 is 0. The molecular formula is C19H31Ru. The molecule has 1 heteroatoms. The smallest absolute Gasteiger partial charge is 0.270 e. The molecule has 0 saturated carbocycles. The van der Waals surface area contributed by atoms with Gasteiger partial charge in [0.25, 0.3) is 0 Å². The first-order valence-corrected chi connectivity index (χ1v) is 7.15. The Morgan fingerprint density at radius 1 is 1.10 bits per heavy atom. The van der Waals surface area contributed by atoms with Crippen molar-refractivity contribution in [3.05, 3.63) is 62.0 Å². The Bertz CT molecular complexity index is 275. The SMILES string of the molecule is CCC1=[C-]CC=C1.[CH2-]C=CC(C)C.[CH2-]C=CC(C)C.[Ru+3]. The van der Waals surface area contributed by atoms with Gasteiger partial charge in [-0.05, 0) is 0 Å². The van der Waals surface area contributed by atoms with E-state index in [4.69, 9.17) is 0 Å². The Kier molecular flexibility index (Phi) is 22.3. The minimum atomic E-state index is 0. The quantitative estimate of drug-likeness (QED) is 0.418. The van der Waals surface area contributed by atoms with Crippen molar-refractivity contribution in [2.45, 2.75) is 47.5 Å². The fraction of sp³-hybridized carbons (Fsp3) is 0.474. The van der Waals surface area contributed by atoms with Crippen molar-refractivity contribution < 1.29 is 19.5 Å². The fourth-order valence-electron chi connectivity index (χ4n) is 1.24. The van der Waals surface area contributed by atoms with E-state index in [1.54, 1.807) is 0 Å². The Hall–Kier alpha value is -0.677. The van der Waals surface area contributed by atoms with Gasteiger partial charge in [0.1, 0.15) is 0 Å². The van der Waals surface area contributed by atoms with E-state index in [9.17, 15) is 0 Å². The molecular weight excluding hydrogens is 329 g/mol. The molecule has 1 aliphatic carbocycles. The molecule has 0 saturated heterocycles. The van der Waals surface area contributed by atoms with E-state index in [0.717, 1.165) is 12.8 Å². The second kappa shape index (κ2) is 18.3. The molecule has 0 fully saturated rings. The zero-order chi connectivity index (χ0) is 15.1. The van der Waals surface area contributed by atoms with Crippen LogP contribution in [0.5, 0.6) is 0 Å². The predicted molar refractivity (Wildman–Crippen MR) is 89.5 cm³/mol. The molecule has 1 aliphatic rings. The van der Waals surface area contributed by atoms with Crippen molar-refractivity contribution in [3.63, 3.8) is 0 Å². The first-order valence-electron chi connectivity index (χ1n) is 7.15. The molecule has 115 valence electrons. The van der Waals surface area contributed by atoms with Crippen LogP contribution in [0.15, 0.2) is 42.0 Å². The molecule has 0 amide bonds. The second-order valence-corrected chi connectivity index (χ2v) is 5.01. The third kappa shape index (κ3) is 22.5.